The van der Waals surface area contributed by atoms with Gasteiger partial charge in [-0.25, -0.2) is 0 Å². The molecule has 1 nitrogen and oxygen atoms in total. The molecule has 0 amide bonds. The third kappa shape index (κ3) is 2.47. The molecule has 4 heavy (non-hydrogen) atoms. The lowest BCUT2D eigenvalue weighted by molar-refractivity contribution is 1.20. The summed E-state index contributed by atoms with van der Waals surface area (Å²) in [7, 11) is 1.01. The van der Waals surface area contributed by atoms with Crippen molar-refractivity contribution in [3.8, 4) is 0 Å². The lowest BCUT2D eigenvalue weighted by Gasteiger charge is -1.73. The summed E-state index contributed by atoms with van der Waals surface area (Å²) < 4.78 is 0. The van der Waals surface area contributed by atoms with E-state index in [0.29, 0.717) is 6.00 Å². The summed E-state index contributed by atoms with van der Waals surface area (Å²) in [5.74, 6) is 0. The van der Waals surface area contributed by atoms with Crippen LogP contribution in [-0.4, -0.2) is 16.4 Å². The van der Waals surface area contributed by atoms with Crippen LogP contribution in [-0.2, 0) is 0 Å². The summed E-state index contributed by atoms with van der Waals surface area (Å²) in [4.78, 5) is 2.83. The smallest absolute Gasteiger partial charge is 0.0763 e. The van der Waals surface area contributed by atoms with Gasteiger partial charge >= 0.3 is 0 Å². The zero-order valence-electron chi connectivity index (χ0n) is 2.59. The molecular formula is CH6ClNSi. The zero-order valence-corrected chi connectivity index (χ0v) is 5.34. The molecule has 0 heterocycles. The van der Waals surface area contributed by atoms with E-state index in [9.17, 15) is 0 Å². The highest BCUT2D eigenvalue weighted by atomic mass is 35.5. The molecule has 0 rings (SSSR count). The predicted molar refractivity (Wildman–Crippen MR) is 23.8 cm³/mol. The average molecular weight is 95.6 g/mol. The standard InChI is InChI=1S/CH6ClNSi/c2-1-3-4/h3H,1H2,4H3. The summed E-state index contributed by atoms with van der Waals surface area (Å²) >= 11 is 5.11. The second kappa shape index (κ2) is 3.47. The first-order valence-electron chi connectivity index (χ1n) is 1.12. The fourth-order valence-corrected chi connectivity index (χ4v) is 0. The molecule has 0 aliphatic heterocycles. The minimum Gasteiger partial charge on any atom is -0.333 e. The molecule has 0 aromatic heterocycles. The van der Waals surface area contributed by atoms with Crippen LogP contribution in [0.15, 0.2) is 0 Å². The summed E-state index contributed by atoms with van der Waals surface area (Å²) in [5.41, 5.74) is 0. The first-order valence-corrected chi connectivity index (χ1v) is 2.66. The largest absolute Gasteiger partial charge is 0.333 e. The van der Waals surface area contributed by atoms with Crippen LogP contribution in [0.5, 0.6) is 0 Å². The maximum Gasteiger partial charge on any atom is 0.0763 e. The van der Waals surface area contributed by atoms with E-state index >= 15 is 0 Å². The van der Waals surface area contributed by atoms with Crippen molar-refractivity contribution >= 4 is 22.0 Å². The topological polar surface area (TPSA) is 12.0 Å². The normalized spacial score (nSPS) is 8.25. The molecule has 0 aliphatic carbocycles. The van der Waals surface area contributed by atoms with Crippen molar-refractivity contribution in [2.45, 2.75) is 0 Å². The lowest BCUT2D eigenvalue weighted by Crippen LogP contribution is -2.01. The summed E-state index contributed by atoms with van der Waals surface area (Å²) in [5, 5.41) is 0. The van der Waals surface area contributed by atoms with Crippen LogP contribution < -0.4 is 4.98 Å². The number of hydrogen-bond donors (Lipinski definition) is 1. The molecule has 0 fully saturated rings. The number of alkyl halides is 1. The van der Waals surface area contributed by atoms with Gasteiger partial charge in [-0.1, -0.05) is 0 Å². The molecule has 0 radical (unpaired) electrons. The van der Waals surface area contributed by atoms with Gasteiger partial charge in [-0.2, -0.15) is 0 Å². The van der Waals surface area contributed by atoms with Crippen molar-refractivity contribution in [2.24, 2.45) is 0 Å². The van der Waals surface area contributed by atoms with Crippen LogP contribution in [0.2, 0.25) is 0 Å². The van der Waals surface area contributed by atoms with Crippen molar-refractivity contribution < 1.29 is 0 Å². The minimum absolute atomic E-state index is 0.603. The minimum atomic E-state index is 0.603. The van der Waals surface area contributed by atoms with Gasteiger partial charge in [0.25, 0.3) is 0 Å². The van der Waals surface area contributed by atoms with Gasteiger partial charge in [0.05, 0.1) is 16.4 Å². The Hall–Kier alpha value is 0.467. The zero-order chi connectivity index (χ0) is 3.41. The fraction of sp³-hybridized carbons (Fsp3) is 1.00. The molecule has 3 heteroatoms. The van der Waals surface area contributed by atoms with Crippen LogP contribution in [0.1, 0.15) is 0 Å². The summed E-state index contributed by atoms with van der Waals surface area (Å²) in [6.07, 6.45) is 0. The van der Waals surface area contributed by atoms with Gasteiger partial charge in [-0.05, 0) is 0 Å². The SMILES string of the molecule is [SiH3]NCCl. The van der Waals surface area contributed by atoms with E-state index in [1.807, 2.05) is 0 Å². The molecule has 0 saturated heterocycles. The van der Waals surface area contributed by atoms with Crippen LogP contribution in [0, 0.1) is 0 Å². The monoisotopic (exact) mass is 95.0 g/mol. The maximum atomic E-state index is 5.11. The first-order chi connectivity index (χ1) is 1.91. The molecule has 1 N–H and O–H groups in total. The molecule has 0 atom stereocenters. The molecule has 0 unspecified atom stereocenters. The molecule has 0 aromatic carbocycles. The first kappa shape index (κ1) is 4.47. The molecular weight excluding hydrogens is 89.6 g/mol. The highest BCUT2D eigenvalue weighted by Gasteiger charge is 1.53. The van der Waals surface area contributed by atoms with E-state index in [4.69, 9.17) is 11.6 Å². The average Bonchev–Trinajstić information content (AvgIpc) is 1.37. The van der Waals surface area contributed by atoms with Crippen molar-refractivity contribution in [3.63, 3.8) is 0 Å². The maximum absolute atomic E-state index is 5.11. The molecule has 0 bridgehead atoms. The Kier molecular flexibility index (Phi) is 3.87. The van der Waals surface area contributed by atoms with E-state index in [1.165, 1.54) is 0 Å². The Bertz CT molecular complexity index is 10.0. The quantitative estimate of drug-likeness (QED) is 0.252. The van der Waals surface area contributed by atoms with Crippen LogP contribution in [0.3, 0.4) is 0 Å². The second-order valence-electron chi connectivity index (χ2n) is 0.487. The number of hydrogen-bond acceptors (Lipinski definition) is 1. The molecule has 0 spiro atoms. The van der Waals surface area contributed by atoms with Gasteiger partial charge in [-0.15, -0.1) is 11.6 Å². The Labute approximate surface area is 33.8 Å². The lowest BCUT2D eigenvalue weighted by atomic mass is 11.6. The van der Waals surface area contributed by atoms with Crippen molar-refractivity contribution in [2.75, 3.05) is 6.00 Å². The molecule has 26 valence electrons. The van der Waals surface area contributed by atoms with Gasteiger partial charge in [0.1, 0.15) is 0 Å². The number of nitrogens with one attached hydrogen (secondary N) is 1. The van der Waals surface area contributed by atoms with E-state index in [0.717, 1.165) is 10.4 Å². The van der Waals surface area contributed by atoms with Gasteiger partial charge in [0, 0.05) is 0 Å². The van der Waals surface area contributed by atoms with Gasteiger partial charge in [0.2, 0.25) is 0 Å². The summed E-state index contributed by atoms with van der Waals surface area (Å²) in [6, 6.07) is 0.603. The van der Waals surface area contributed by atoms with Crippen molar-refractivity contribution in [1.82, 2.24) is 4.98 Å². The van der Waals surface area contributed by atoms with Crippen LogP contribution in [0.4, 0.5) is 0 Å². The Morgan fingerprint density at radius 2 is 2.25 bits per heavy atom. The van der Waals surface area contributed by atoms with Crippen LogP contribution in [0.25, 0.3) is 0 Å². The highest BCUT2D eigenvalue weighted by Crippen LogP contribution is 1.54. The third-order valence-electron chi connectivity index (χ3n) is 0.134. The Morgan fingerprint density at radius 3 is 2.25 bits per heavy atom. The summed E-state index contributed by atoms with van der Waals surface area (Å²) in [6.45, 7) is 0. The van der Waals surface area contributed by atoms with E-state index in [-0.39, 0.29) is 0 Å². The third-order valence-corrected chi connectivity index (χ3v) is 1.20. The van der Waals surface area contributed by atoms with Crippen molar-refractivity contribution in [1.29, 1.82) is 0 Å². The van der Waals surface area contributed by atoms with E-state index in [2.05, 4.69) is 4.98 Å². The Balaban J connectivity index is 1.97. The predicted octanol–water partition coefficient (Wildman–Crippen LogP) is -0.947. The van der Waals surface area contributed by atoms with E-state index in [1.54, 1.807) is 0 Å². The van der Waals surface area contributed by atoms with Gasteiger partial charge < -0.3 is 4.98 Å². The fourth-order valence-electron chi connectivity index (χ4n) is 0. The van der Waals surface area contributed by atoms with Gasteiger partial charge in [0.15, 0.2) is 0 Å². The van der Waals surface area contributed by atoms with Crippen molar-refractivity contribution in [3.05, 3.63) is 0 Å². The van der Waals surface area contributed by atoms with Crippen LogP contribution >= 0.6 is 11.6 Å². The molecule has 0 aromatic rings. The van der Waals surface area contributed by atoms with Gasteiger partial charge in [-0.3, -0.25) is 0 Å². The molecule has 0 saturated carbocycles. The number of halogens is 1. The number of rotatable bonds is 1. The highest BCUT2D eigenvalue weighted by molar-refractivity contribution is 6.20. The Morgan fingerprint density at radius 1 is 2.00 bits per heavy atom. The second-order valence-corrected chi connectivity index (χ2v) is 1.46. The van der Waals surface area contributed by atoms with E-state index < -0.39 is 0 Å². The molecule has 0 aliphatic rings.